The minimum atomic E-state index is -4.94. The van der Waals surface area contributed by atoms with Crippen molar-refractivity contribution < 1.29 is 33.4 Å². The Balaban J connectivity index is 0. The van der Waals surface area contributed by atoms with Crippen molar-refractivity contribution in [2.24, 2.45) is 0 Å². The molecule has 0 saturated heterocycles. The van der Waals surface area contributed by atoms with E-state index in [1.54, 1.807) is 0 Å². The lowest BCUT2D eigenvalue weighted by Crippen LogP contribution is -2.68. The second kappa shape index (κ2) is 17.5. The molecule has 0 atom stereocenters. The molecule has 0 radical (unpaired) electrons. The summed E-state index contributed by atoms with van der Waals surface area (Å²) in [5.41, 5.74) is 0. The molecule has 0 rings (SSSR count). The third kappa shape index (κ3) is 40.2. The van der Waals surface area contributed by atoms with Crippen molar-refractivity contribution in [1.82, 2.24) is 0 Å². The van der Waals surface area contributed by atoms with Crippen molar-refractivity contribution >= 4 is 0 Å². The Labute approximate surface area is 158 Å². The molecule has 0 spiro atoms. The smallest absolute Gasteiger partial charge is 0.0780 e. The average molecular weight is 384 g/mol. The van der Waals surface area contributed by atoms with E-state index in [1.807, 2.05) is 0 Å². The third-order valence-corrected chi connectivity index (χ3v) is 4.18. The van der Waals surface area contributed by atoms with E-state index in [4.69, 9.17) is 18.6 Å². The first-order valence-electron chi connectivity index (χ1n) is 9.98. The molecule has 5 nitrogen and oxygen atoms in total. The number of rotatable bonds is 15. The van der Waals surface area contributed by atoms with Crippen LogP contribution in [0.4, 0.5) is 0 Å². The van der Waals surface area contributed by atoms with Gasteiger partial charge in [0.25, 0.3) is 0 Å². The molecule has 0 fully saturated rings. The Morgan fingerprint density at radius 2 is 0.760 bits per heavy atom. The number of hydrogen-bond donors (Lipinski definition) is 0. The van der Waals surface area contributed by atoms with Crippen LogP contribution < -0.4 is 18.6 Å². The van der Waals surface area contributed by atoms with Gasteiger partial charge in [0, 0.05) is 0 Å². The lowest BCUT2D eigenvalue weighted by molar-refractivity contribution is -2.00. The highest BCUT2D eigenvalue weighted by molar-refractivity contribution is 4.49. The Hall–Kier alpha value is 0.0900. The molecule has 0 N–H and O–H groups in total. The standard InChI is InChI=1S/C19H42N.ClHO4/c1-5-6-7-8-9-10-11-12-13-14-15-16-17-18-19-20(2,3)4;2-1(3,4)5/h5-19H2,1-4H3;(H,2,3,4,5)/q+1;/p-1. The van der Waals surface area contributed by atoms with E-state index in [1.165, 1.54) is 96.4 Å². The van der Waals surface area contributed by atoms with Gasteiger partial charge in [-0.05, 0) is 12.8 Å². The van der Waals surface area contributed by atoms with E-state index in [-0.39, 0.29) is 0 Å². The number of quaternary nitrogens is 1. The van der Waals surface area contributed by atoms with E-state index in [0.717, 1.165) is 4.48 Å². The summed E-state index contributed by atoms with van der Waals surface area (Å²) in [5, 5.41) is 0. The Morgan fingerprint density at radius 3 is 1.00 bits per heavy atom. The van der Waals surface area contributed by atoms with E-state index in [2.05, 4.69) is 28.1 Å². The molecule has 0 heterocycles. The maximum absolute atomic E-state index is 8.49. The number of hydrogen-bond acceptors (Lipinski definition) is 4. The maximum Gasteiger partial charge on any atom is 0.0780 e. The van der Waals surface area contributed by atoms with Crippen LogP contribution in [0, 0.1) is 10.2 Å². The molecule has 0 aromatic carbocycles. The van der Waals surface area contributed by atoms with Gasteiger partial charge < -0.3 is 4.48 Å². The van der Waals surface area contributed by atoms with Gasteiger partial charge in [-0.2, -0.15) is 0 Å². The van der Waals surface area contributed by atoms with Crippen LogP contribution in [0.25, 0.3) is 0 Å². The fraction of sp³-hybridized carbons (Fsp3) is 1.00. The number of unbranched alkanes of at least 4 members (excludes halogenated alkanes) is 13. The molecule has 0 amide bonds. The minimum Gasteiger partial charge on any atom is -0.331 e. The largest absolute Gasteiger partial charge is 0.331 e. The second-order valence-electron chi connectivity index (χ2n) is 7.99. The Bertz CT molecular complexity index is 259. The van der Waals surface area contributed by atoms with Gasteiger partial charge in [0.05, 0.1) is 27.7 Å². The average Bonchev–Trinajstić information content (AvgIpc) is 2.45. The fourth-order valence-corrected chi connectivity index (χ4v) is 2.78. The van der Waals surface area contributed by atoms with Crippen LogP contribution in [-0.4, -0.2) is 32.2 Å². The van der Waals surface area contributed by atoms with E-state index in [9.17, 15) is 0 Å². The van der Waals surface area contributed by atoms with Gasteiger partial charge in [0.1, 0.15) is 0 Å². The second-order valence-corrected chi connectivity index (χ2v) is 8.74. The zero-order chi connectivity index (χ0) is 19.6. The Kier molecular flexibility index (Phi) is 19.1. The number of halogens is 1. The normalized spacial score (nSPS) is 12.0. The van der Waals surface area contributed by atoms with Crippen LogP contribution in [0.15, 0.2) is 0 Å². The highest BCUT2D eigenvalue weighted by Crippen LogP contribution is 2.13. The summed E-state index contributed by atoms with van der Waals surface area (Å²) in [6.45, 7) is 3.63. The molecule has 0 aromatic rings. The predicted molar refractivity (Wildman–Crippen MR) is 93.2 cm³/mol. The fourth-order valence-electron chi connectivity index (χ4n) is 2.78. The molecule has 0 unspecified atom stereocenters. The van der Waals surface area contributed by atoms with Crippen LogP contribution in [0.3, 0.4) is 0 Å². The molecule has 0 aliphatic carbocycles. The van der Waals surface area contributed by atoms with Crippen LogP contribution in [0.2, 0.25) is 0 Å². The highest BCUT2D eigenvalue weighted by atomic mass is 35.7. The first kappa shape index (κ1) is 27.3. The third-order valence-electron chi connectivity index (χ3n) is 4.18. The molecule has 25 heavy (non-hydrogen) atoms. The van der Waals surface area contributed by atoms with Crippen molar-refractivity contribution in [2.45, 2.75) is 96.8 Å². The topological polar surface area (TPSA) is 92.2 Å². The summed E-state index contributed by atoms with van der Waals surface area (Å²) in [7, 11) is 1.94. The van der Waals surface area contributed by atoms with Crippen LogP contribution in [0.5, 0.6) is 0 Å². The van der Waals surface area contributed by atoms with Gasteiger partial charge in [-0.15, -0.1) is 10.2 Å². The zero-order valence-electron chi connectivity index (χ0n) is 17.1. The monoisotopic (exact) mass is 383 g/mol. The van der Waals surface area contributed by atoms with Crippen molar-refractivity contribution in [3.63, 3.8) is 0 Å². The van der Waals surface area contributed by atoms with Gasteiger partial charge in [-0.25, -0.2) is 18.6 Å². The molecule has 0 saturated carbocycles. The summed E-state index contributed by atoms with van der Waals surface area (Å²) >= 11 is 0. The van der Waals surface area contributed by atoms with Crippen LogP contribution in [0.1, 0.15) is 96.8 Å². The molecule has 0 aliphatic heterocycles. The molecule has 0 bridgehead atoms. The summed E-state index contributed by atoms with van der Waals surface area (Å²) < 4.78 is 35.1. The van der Waals surface area contributed by atoms with Gasteiger partial charge in [-0.1, -0.05) is 84.0 Å². The molecule has 154 valence electrons. The summed E-state index contributed by atoms with van der Waals surface area (Å²) in [4.78, 5) is 0. The molecule has 0 aliphatic rings. The Morgan fingerprint density at radius 1 is 0.520 bits per heavy atom. The van der Waals surface area contributed by atoms with Crippen LogP contribution >= 0.6 is 0 Å². The maximum atomic E-state index is 8.49. The SMILES string of the molecule is CCCCCCCCCCCCCCCC[N+](C)(C)C.[O-][Cl+3]([O-])([O-])[O-]. The van der Waals surface area contributed by atoms with Crippen molar-refractivity contribution in [3.05, 3.63) is 0 Å². The van der Waals surface area contributed by atoms with Crippen molar-refractivity contribution in [1.29, 1.82) is 0 Å². The van der Waals surface area contributed by atoms with Crippen molar-refractivity contribution in [2.75, 3.05) is 27.7 Å². The summed E-state index contributed by atoms with van der Waals surface area (Å²) in [5.74, 6) is 0. The predicted octanol–water partition coefficient (Wildman–Crippen LogP) is 1.42. The zero-order valence-corrected chi connectivity index (χ0v) is 17.8. The number of nitrogens with zero attached hydrogens (tertiary/aromatic N) is 1. The summed E-state index contributed by atoms with van der Waals surface area (Å²) in [6.07, 6.45) is 20.4. The first-order valence-corrected chi connectivity index (χ1v) is 11.2. The van der Waals surface area contributed by atoms with E-state index < -0.39 is 10.2 Å². The molecular weight excluding hydrogens is 342 g/mol. The first-order chi connectivity index (χ1) is 11.6. The van der Waals surface area contributed by atoms with Gasteiger partial charge in [0.2, 0.25) is 0 Å². The lowest BCUT2D eigenvalue weighted by Gasteiger charge is -2.23. The summed E-state index contributed by atoms with van der Waals surface area (Å²) in [6, 6.07) is 0. The van der Waals surface area contributed by atoms with Gasteiger partial charge in [0.15, 0.2) is 0 Å². The quantitative estimate of drug-likeness (QED) is 0.315. The van der Waals surface area contributed by atoms with E-state index >= 15 is 0 Å². The van der Waals surface area contributed by atoms with E-state index in [0.29, 0.717) is 0 Å². The van der Waals surface area contributed by atoms with Gasteiger partial charge >= 0.3 is 0 Å². The molecular formula is C19H42ClNO4. The minimum absolute atomic E-state index is 1.12. The lowest BCUT2D eigenvalue weighted by atomic mass is 10.0. The molecule has 6 heteroatoms. The molecule has 0 aromatic heterocycles. The van der Waals surface area contributed by atoms with Gasteiger partial charge in [-0.3, -0.25) is 0 Å². The van der Waals surface area contributed by atoms with Crippen LogP contribution in [-0.2, 0) is 0 Å². The van der Waals surface area contributed by atoms with Crippen molar-refractivity contribution in [3.8, 4) is 0 Å². The highest BCUT2D eigenvalue weighted by Gasteiger charge is 2.04.